The second-order valence-corrected chi connectivity index (χ2v) is 6.39. The largest absolute Gasteiger partial charge is 0.456 e. The molecule has 2 rings (SSSR count). The smallest absolute Gasteiger partial charge is 0.308 e. The Morgan fingerprint density at radius 3 is 2.07 bits per heavy atom. The minimum Gasteiger partial charge on any atom is -0.456 e. The van der Waals surface area contributed by atoms with E-state index in [0.717, 1.165) is 5.56 Å². The van der Waals surface area contributed by atoms with Crippen molar-refractivity contribution in [1.29, 1.82) is 0 Å². The molecule has 6 heteroatoms. The predicted octanol–water partition coefficient (Wildman–Crippen LogP) is 2.62. The molecule has 0 bridgehead atoms. The SMILES string of the molecule is CC(C)NC(=O)COC(=O)C[C@@H](NC(=O)c1ccccc1)c1ccccc1. The Morgan fingerprint density at radius 2 is 1.48 bits per heavy atom. The first-order valence-corrected chi connectivity index (χ1v) is 8.81. The van der Waals surface area contributed by atoms with Crippen LogP contribution in [-0.4, -0.2) is 30.4 Å². The molecule has 6 nitrogen and oxygen atoms in total. The maximum atomic E-state index is 12.5. The van der Waals surface area contributed by atoms with Gasteiger partial charge in [-0.2, -0.15) is 0 Å². The molecule has 0 radical (unpaired) electrons. The van der Waals surface area contributed by atoms with E-state index in [0.29, 0.717) is 5.56 Å². The van der Waals surface area contributed by atoms with Crippen molar-refractivity contribution in [2.45, 2.75) is 32.4 Å². The van der Waals surface area contributed by atoms with Gasteiger partial charge in [0.2, 0.25) is 0 Å². The van der Waals surface area contributed by atoms with Gasteiger partial charge in [0.25, 0.3) is 11.8 Å². The normalized spacial score (nSPS) is 11.5. The van der Waals surface area contributed by atoms with Crippen LogP contribution in [0.5, 0.6) is 0 Å². The summed E-state index contributed by atoms with van der Waals surface area (Å²) in [5, 5.41) is 5.51. The molecule has 1 atom stereocenters. The summed E-state index contributed by atoms with van der Waals surface area (Å²) in [5.41, 5.74) is 1.29. The highest BCUT2D eigenvalue weighted by molar-refractivity contribution is 5.94. The molecule has 142 valence electrons. The number of hydrogen-bond acceptors (Lipinski definition) is 4. The van der Waals surface area contributed by atoms with Gasteiger partial charge in [0, 0.05) is 11.6 Å². The monoisotopic (exact) mass is 368 g/mol. The highest BCUT2D eigenvalue weighted by Gasteiger charge is 2.20. The molecule has 0 fully saturated rings. The highest BCUT2D eigenvalue weighted by Crippen LogP contribution is 2.18. The van der Waals surface area contributed by atoms with Crippen molar-refractivity contribution < 1.29 is 19.1 Å². The van der Waals surface area contributed by atoms with E-state index < -0.39 is 12.0 Å². The van der Waals surface area contributed by atoms with E-state index in [1.807, 2.05) is 50.2 Å². The molecule has 0 saturated heterocycles. The van der Waals surface area contributed by atoms with Crippen LogP contribution in [0.25, 0.3) is 0 Å². The predicted molar refractivity (Wildman–Crippen MR) is 102 cm³/mol. The van der Waals surface area contributed by atoms with Crippen molar-refractivity contribution >= 4 is 17.8 Å². The van der Waals surface area contributed by atoms with Crippen LogP contribution in [0, 0.1) is 0 Å². The van der Waals surface area contributed by atoms with Gasteiger partial charge >= 0.3 is 5.97 Å². The molecule has 0 saturated carbocycles. The number of nitrogens with one attached hydrogen (secondary N) is 2. The number of hydrogen-bond donors (Lipinski definition) is 2. The maximum absolute atomic E-state index is 12.5. The first-order valence-electron chi connectivity index (χ1n) is 8.81. The lowest BCUT2D eigenvalue weighted by molar-refractivity contribution is -0.149. The first kappa shape index (κ1) is 20.2. The Bertz CT molecular complexity index is 760. The summed E-state index contributed by atoms with van der Waals surface area (Å²) < 4.78 is 5.04. The highest BCUT2D eigenvalue weighted by atomic mass is 16.5. The van der Waals surface area contributed by atoms with E-state index in [-0.39, 0.29) is 30.9 Å². The van der Waals surface area contributed by atoms with Crippen LogP contribution in [0.3, 0.4) is 0 Å². The van der Waals surface area contributed by atoms with Crippen molar-refractivity contribution in [2.24, 2.45) is 0 Å². The number of esters is 1. The molecule has 0 aromatic heterocycles. The Balaban J connectivity index is 2.02. The van der Waals surface area contributed by atoms with E-state index in [9.17, 15) is 14.4 Å². The molecule has 2 N–H and O–H groups in total. The average Bonchev–Trinajstić information content (AvgIpc) is 2.66. The van der Waals surface area contributed by atoms with Crippen LogP contribution in [0.4, 0.5) is 0 Å². The van der Waals surface area contributed by atoms with Gasteiger partial charge in [-0.1, -0.05) is 48.5 Å². The summed E-state index contributed by atoms with van der Waals surface area (Å²) in [6, 6.07) is 17.4. The van der Waals surface area contributed by atoms with Crippen molar-refractivity contribution in [1.82, 2.24) is 10.6 Å². The minimum absolute atomic E-state index is 0.0292. The molecule has 0 spiro atoms. The summed E-state index contributed by atoms with van der Waals surface area (Å²) in [6.07, 6.45) is -0.0719. The number of benzene rings is 2. The third kappa shape index (κ3) is 6.93. The van der Waals surface area contributed by atoms with Gasteiger partial charge in [0.15, 0.2) is 6.61 Å². The summed E-state index contributed by atoms with van der Waals surface area (Å²) in [5.74, 6) is -1.20. The maximum Gasteiger partial charge on any atom is 0.308 e. The summed E-state index contributed by atoms with van der Waals surface area (Å²) >= 11 is 0. The van der Waals surface area contributed by atoms with Crippen LogP contribution in [0.15, 0.2) is 60.7 Å². The third-order valence-electron chi connectivity index (χ3n) is 3.73. The zero-order chi connectivity index (χ0) is 19.6. The van der Waals surface area contributed by atoms with E-state index >= 15 is 0 Å². The molecular weight excluding hydrogens is 344 g/mol. The number of carbonyl (C=O) groups excluding carboxylic acids is 3. The van der Waals surface area contributed by atoms with Gasteiger partial charge in [-0.25, -0.2) is 0 Å². The fourth-order valence-corrected chi connectivity index (χ4v) is 2.50. The lowest BCUT2D eigenvalue weighted by Gasteiger charge is -2.19. The summed E-state index contributed by atoms with van der Waals surface area (Å²) in [7, 11) is 0. The molecule has 0 aliphatic carbocycles. The zero-order valence-electron chi connectivity index (χ0n) is 15.5. The van der Waals surface area contributed by atoms with E-state index in [1.54, 1.807) is 24.3 Å². The third-order valence-corrected chi connectivity index (χ3v) is 3.73. The van der Waals surface area contributed by atoms with Gasteiger partial charge in [-0.3, -0.25) is 14.4 Å². The van der Waals surface area contributed by atoms with E-state index in [2.05, 4.69) is 10.6 Å². The van der Waals surface area contributed by atoms with Gasteiger partial charge in [0.05, 0.1) is 12.5 Å². The van der Waals surface area contributed by atoms with Gasteiger partial charge < -0.3 is 15.4 Å². The molecule has 0 aliphatic heterocycles. The van der Waals surface area contributed by atoms with E-state index in [4.69, 9.17) is 4.74 Å². The van der Waals surface area contributed by atoms with Crippen molar-refractivity contribution in [2.75, 3.05) is 6.61 Å². The topological polar surface area (TPSA) is 84.5 Å². The van der Waals surface area contributed by atoms with Crippen LogP contribution >= 0.6 is 0 Å². The van der Waals surface area contributed by atoms with Crippen molar-refractivity contribution in [3.8, 4) is 0 Å². The number of carbonyl (C=O) groups is 3. The van der Waals surface area contributed by atoms with Crippen molar-refractivity contribution in [3.05, 3.63) is 71.8 Å². The van der Waals surface area contributed by atoms with Gasteiger partial charge in [-0.05, 0) is 31.5 Å². The summed E-state index contributed by atoms with van der Waals surface area (Å²) in [6.45, 7) is 3.31. The molecule has 0 heterocycles. The molecule has 0 unspecified atom stereocenters. The Kier molecular flexibility index (Phi) is 7.55. The zero-order valence-corrected chi connectivity index (χ0v) is 15.5. The average molecular weight is 368 g/mol. The fourth-order valence-electron chi connectivity index (χ4n) is 2.50. The fraction of sp³-hybridized carbons (Fsp3) is 0.286. The van der Waals surface area contributed by atoms with Crippen LogP contribution < -0.4 is 10.6 Å². The molecular formula is C21H24N2O4. The number of rotatable bonds is 8. The lowest BCUT2D eigenvalue weighted by Crippen LogP contribution is -2.35. The molecule has 2 amide bonds. The van der Waals surface area contributed by atoms with Crippen LogP contribution in [0.1, 0.15) is 42.2 Å². The Labute approximate surface area is 158 Å². The molecule has 2 aromatic carbocycles. The van der Waals surface area contributed by atoms with Crippen LogP contribution in [-0.2, 0) is 14.3 Å². The summed E-state index contributed by atoms with van der Waals surface area (Å²) in [4.78, 5) is 36.3. The Hall–Kier alpha value is -3.15. The van der Waals surface area contributed by atoms with Crippen molar-refractivity contribution in [3.63, 3.8) is 0 Å². The number of ether oxygens (including phenoxy) is 1. The lowest BCUT2D eigenvalue weighted by atomic mass is 10.0. The number of amides is 2. The molecule has 27 heavy (non-hydrogen) atoms. The first-order chi connectivity index (χ1) is 13.0. The second kappa shape index (κ2) is 10.1. The van der Waals surface area contributed by atoms with Gasteiger partial charge in [-0.15, -0.1) is 0 Å². The quantitative estimate of drug-likeness (QED) is 0.702. The minimum atomic E-state index is -0.559. The van der Waals surface area contributed by atoms with Gasteiger partial charge in [0.1, 0.15) is 0 Å². The molecule has 2 aromatic rings. The van der Waals surface area contributed by atoms with Crippen LogP contribution in [0.2, 0.25) is 0 Å². The second-order valence-electron chi connectivity index (χ2n) is 6.39. The molecule has 0 aliphatic rings. The van der Waals surface area contributed by atoms with E-state index in [1.165, 1.54) is 0 Å². The standard InChI is InChI=1S/C21H24N2O4/c1-15(2)22-19(24)14-27-20(25)13-18(16-9-5-3-6-10-16)23-21(26)17-11-7-4-8-12-17/h3-12,15,18H,13-14H2,1-2H3,(H,22,24)(H,23,26)/t18-/m1/s1. The Morgan fingerprint density at radius 1 is 0.889 bits per heavy atom.